The topological polar surface area (TPSA) is 84.3 Å². The highest BCUT2D eigenvalue weighted by Crippen LogP contribution is 2.14. The first-order valence-corrected chi connectivity index (χ1v) is 4.10. The molecule has 1 aromatic heterocycles. The maximum absolute atomic E-state index is 10.3. The van der Waals surface area contributed by atoms with Crippen molar-refractivity contribution < 1.29 is 14.6 Å². The average molecular weight is 197 g/mol. The van der Waals surface area contributed by atoms with Crippen LogP contribution in [0.3, 0.4) is 0 Å². The number of hydrogen-bond donors (Lipinski definition) is 2. The molecule has 1 amide bonds. The van der Waals surface area contributed by atoms with E-state index in [4.69, 9.17) is 9.84 Å². The Morgan fingerprint density at radius 2 is 2.36 bits per heavy atom. The van der Waals surface area contributed by atoms with Crippen LogP contribution in [0, 0.1) is 6.92 Å². The van der Waals surface area contributed by atoms with Crippen molar-refractivity contribution in [2.45, 2.75) is 13.8 Å². The predicted molar refractivity (Wildman–Crippen MR) is 49.6 cm³/mol. The fourth-order valence-electron chi connectivity index (χ4n) is 0.904. The lowest BCUT2D eigenvalue weighted by atomic mass is 10.3. The van der Waals surface area contributed by atoms with Crippen molar-refractivity contribution in [1.82, 2.24) is 10.2 Å². The summed E-state index contributed by atoms with van der Waals surface area (Å²) in [5.74, 6) is 0.613. The van der Waals surface area contributed by atoms with Gasteiger partial charge in [0.15, 0.2) is 5.82 Å². The van der Waals surface area contributed by atoms with Crippen molar-refractivity contribution in [3.8, 4) is 5.88 Å². The van der Waals surface area contributed by atoms with E-state index in [-0.39, 0.29) is 5.82 Å². The zero-order valence-electron chi connectivity index (χ0n) is 7.94. The Balaban J connectivity index is 2.84. The Morgan fingerprint density at radius 1 is 1.64 bits per heavy atom. The minimum absolute atomic E-state index is 0.223. The quantitative estimate of drug-likeness (QED) is 0.762. The molecule has 0 atom stereocenters. The number of nitrogens with one attached hydrogen (secondary N) is 1. The first kappa shape index (κ1) is 10.2. The molecule has 0 aliphatic carbocycles. The molecule has 0 aliphatic rings. The van der Waals surface area contributed by atoms with Gasteiger partial charge in [0.25, 0.3) is 0 Å². The summed E-state index contributed by atoms with van der Waals surface area (Å²) in [6, 6.07) is 1.63. The Bertz CT molecular complexity index is 341. The van der Waals surface area contributed by atoms with E-state index < -0.39 is 6.09 Å². The van der Waals surface area contributed by atoms with Crippen LogP contribution >= 0.6 is 0 Å². The van der Waals surface area contributed by atoms with Gasteiger partial charge in [0.2, 0.25) is 5.88 Å². The lowest BCUT2D eigenvalue weighted by molar-refractivity contribution is 0.209. The number of aryl methyl sites for hydroxylation is 1. The van der Waals surface area contributed by atoms with E-state index in [9.17, 15) is 4.79 Å². The van der Waals surface area contributed by atoms with E-state index in [0.717, 1.165) is 0 Å². The van der Waals surface area contributed by atoms with Gasteiger partial charge in [-0.2, -0.15) is 0 Å². The van der Waals surface area contributed by atoms with Crippen molar-refractivity contribution in [2.75, 3.05) is 11.9 Å². The van der Waals surface area contributed by atoms with Crippen molar-refractivity contribution in [2.24, 2.45) is 0 Å². The molecular weight excluding hydrogens is 186 g/mol. The van der Waals surface area contributed by atoms with Crippen LogP contribution < -0.4 is 10.1 Å². The number of carbonyl (C=O) groups is 1. The van der Waals surface area contributed by atoms with Gasteiger partial charge < -0.3 is 9.84 Å². The fourth-order valence-corrected chi connectivity index (χ4v) is 0.904. The van der Waals surface area contributed by atoms with E-state index in [1.807, 2.05) is 6.92 Å². The van der Waals surface area contributed by atoms with Gasteiger partial charge in [-0.3, -0.25) is 5.32 Å². The van der Waals surface area contributed by atoms with Crippen LogP contribution in [0.4, 0.5) is 10.6 Å². The summed E-state index contributed by atoms with van der Waals surface area (Å²) in [4.78, 5) is 10.3. The Kier molecular flexibility index (Phi) is 3.22. The van der Waals surface area contributed by atoms with Crippen LogP contribution in [0.1, 0.15) is 12.5 Å². The van der Waals surface area contributed by atoms with Gasteiger partial charge in [0.05, 0.1) is 6.61 Å². The number of anilines is 1. The fraction of sp³-hybridized carbons (Fsp3) is 0.375. The number of carboxylic acid groups (broad SMARTS) is 1. The van der Waals surface area contributed by atoms with Gasteiger partial charge in [0, 0.05) is 6.07 Å². The lowest BCUT2D eigenvalue weighted by Gasteiger charge is -2.05. The maximum Gasteiger partial charge on any atom is 0.410 e. The molecule has 1 aromatic rings. The number of amides is 1. The molecule has 0 spiro atoms. The van der Waals surface area contributed by atoms with Crippen molar-refractivity contribution >= 4 is 11.9 Å². The molecule has 1 rings (SSSR count). The zero-order valence-corrected chi connectivity index (χ0v) is 7.94. The van der Waals surface area contributed by atoms with Crippen LogP contribution in [-0.2, 0) is 0 Å². The highest BCUT2D eigenvalue weighted by molar-refractivity contribution is 5.82. The molecule has 1 heterocycles. The maximum atomic E-state index is 10.3. The predicted octanol–water partition coefficient (Wildman–Crippen LogP) is 1.27. The lowest BCUT2D eigenvalue weighted by Crippen LogP contribution is -2.11. The number of hydrogen-bond acceptors (Lipinski definition) is 4. The molecule has 0 fully saturated rings. The van der Waals surface area contributed by atoms with Gasteiger partial charge in [-0.15, -0.1) is 10.2 Å². The second-order valence-corrected chi connectivity index (χ2v) is 2.58. The largest absolute Gasteiger partial charge is 0.477 e. The zero-order chi connectivity index (χ0) is 10.6. The van der Waals surface area contributed by atoms with Gasteiger partial charge in [0.1, 0.15) is 0 Å². The van der Waals surface area contributed by atoms with Crippen molar-refractivity contribution in [1.29, 1.82) is 0 Å². The van der Waals surface area contributed by atoms with Gasteiger partial charge >= 0.3 is 6.09 Å². The molecule has 0 saturated heterocycles. The van der Waals surface area contributed by atoms with Gasteiger partial charge in [-0.1, -0.05) is 0 Å². The first-order chi connectivity index (χ1) is 6.63. The van der Waals surface area contributed by atoms with Crippen LogP contribution in [0.2, 0.25) is 0 Å². The monoisotopic (exact) mass is 197 g/mol. The number of ether oxygens (including phenoxy) is 1. The molecule has 76 valence electrons. The summed E-state index contributed by atoms with van der Waals surface area (Å²) in [7, 11) is 0. The van der Waals surface area contributed by atoms with E-state index in [1.165, 1.54) is 0 Å². The smallest absolute Gasteiger partial charge is 0.410 e. The second-order valence-electron chi connectivity index (χ2n) is 2.58. The Morgan fingerprint density at radius 3 is 2.86 bits per heavy atom. The van der Waals surface area contributed by atoms with E-state index in [0.29, 0.717) is 18.1 Å². The van der Waals surface area contributed by atoms with Crippen LogP contribution in [-0.4, -0.2) is 28.0 Å². The summed E-state index contributed by atoms with van der Waals surface area (Å²) in [5, 5.41) is 17.9. The summed E-state index contributed by atoms with van der Waals surface area (Å²) in [6.07, 6.45) is -1.16. The molecule has 0 aliphatic heterocycles. The number of aromatic nitrogens is 2. The molecule has 6 nitrogen and oxygen atoms in total. The standard InChI is InChI=1S/C8H11N3O3/c1-3-14-6-4-5(2)7(11-10-6)9-8(12)13/h4H,3H2,1-2H3,(H,9,11)(H,12,13). The number of nitrogens with zero attached hydrogens (tertiary/aromatic N) is 2. The van der Waals surface area contributed by atoms with E-state index >= 15 is 0 Å². The SMILES string of the molecule is CCOc1cc(C)c(NC(=O)O)nn1. The third-order valence-corrected chi connectivity index (χ3v) is 1.48. The highest BCUT2D eigenvalue weighted by atomic mass is 16.5. The van der Waals surface area contributed by atoms with Crippen molar-refractivity contribution in [3.63, 3.8) is 0 Å². The minimum atomic E-state index is -1.16. The van der Waals surface area contributed by atoms with E-state index in [2.05, 4.69) is 15.5 Å². The molecule has 0 radical (unpaired) electrons. The highest BCUT2D eigenvalue weighted by Gasteiger charge is 2.06. The molecular formula is C8H11N3O3. The minimum Gasteiger partial charge on any atom is -0.477 e. The third kappa shape index (κ3) is 2.58. The number of rotatable bonds is 3. The van der Waals surface area contributed by atoms with Crippen molar-refractivity contribution in [3.05, 3.63) is 11.6 Å². The first-order valence-electron chi connectivity index (χ1n) is 4.10. The average Bonchev–Trinajstić information content (AvgIpc) is 2.10. The molecule has 14 heavy (non-hydrogen) atoms. The summed E-state index contributed by atoms with van der Waals surface area (Å²) in [6.45, 7) is 4.06. The summed E-state index contributed by atoms with van der Waals surface area (Å²) >= 11 is 0. The van der Waals surface area contributed by atoms with Crippen LogP contribution in [0.15, 0.2) is 6.07 Å². The molecule has 0 aromatic carbocycles. The van der Waals surface area contributed by atoms with Gasteiger partial charge in [-0.25, -0.2) is 4.79 Å². The van der Waals surface area contributed by atoms with Gasteiger partial charge in [-0.05, 0) is 19.4 Å². The van der Waals surface area contributed by atoms with Crippen LogP contribution in [0.25, 0.3) is 0 Å². The molecule has 0 unspecified atom stereocenters. The third-order valence-electron chi connectivity index (χ3n) is 1.48. The molecule has 2 N–H and O–H groups in total. The Labute approximate surface area is 80.9 Å². The van der Waals surface area contributed by atoms with Crippen LogP contribution in [0.5, 0.6) is 5.88 Å². The molecule has 6 heteroatoms. The Hall–Kier alpha value is -1.85. The summed E-state index contributed by atoms with van der Waals surface area (Å²) in [5.41, 5.74) is 0.672. The van der Waals surface area contributed by atoms with E-state index in [1.54, 1.807) is 13.0 Å². The summed E-state index contributed by atoms with van der Waals surface area (Å²) < 4.78 is 5.10. The second kappa shape index (κ2) is 4.40. The molecule has 0 bridgehead atoms. The molecule has 0 saturated carbocycles. The normalized spacial score (nSPS) is 9.57.